The zero-order valence-corrected chi connectivity index (χ0v) is 25.6. The van der Waals surface area contributed by atoms with Crippen LogP contribution in [-0.4, -0.2) is 87.7 Å². The Morgan fingerprint density at radius 2 is 2.10 bits per heavy atom. The fourth-order valence-corrected chi connectivity index (χ4v) is 7.64. The van der Waals surface area contributed by atoms with Crippen LogP contribution in [0.5, 0.6) is 0 Å². The van der Waals surface area contributed by atoms with Gasteiger partial charge in [0, 0.05) is 23.5 Å². The zero-order valence-electron chi connectivity index (χ0n) is 23.2. The average Bonchev–Trinajstić information content (AvgIpc) is 3.36. The normalized spacial score (nSPS) is 24.5. The van der Waals surface area contributed by atoms with Crippen molar-refractivity contribution in [1.29, 1.82) is 0 Å². The fourth-order valence-electron chi connectivity index (χ4n) is 4.23. The maximum atomic E-state index is 13.3. The number of thiazole rings is 1. The van der Waals surface area contributed by atoms with Crippen molar-refractivity contribution in [3.63, 3.8) is 0 Å². The maximum Gasteiger partial charge on any atom is 0.357 e. The molecule has 0 aliphatic carbocycles. The molecule has 4 rings (SSSR count). The van der Waals surface area contributed by atoms with Gasteiger partial charge < -0.3 is 30.1 Å². The number of nitrogens with zero attached hydrogens (tertiary/aromatic N) is 3. The monoisotopic (exact) mass is 627 g/mol. The molecule has 0 radical (unpaired) electrons. The number of nitrogens with one attached hydrogen (secondary N) is 1. The van der Waals surface area contributed by atoms with Crippen LogP contribution < -0.4 is 11.1 Å². The largest absolute Gasteiger partial charge is 0.427 e. The summed E-state index contributed by atoms with van der Waals surface area (Å²) in [6.45, 7) is 4.98. The number of esters is 2. The molecule has 0 bridgehead atoms. The van der Waals surface area contributed by atoms with Gasteiger partial charge in [-0.25, -0.2) is 9.78 Å². The predicted octanol–water partition coefficient (Wildman–Crippen LogP) is 2.08. The number of fused-ring (bicyclic) bond motifs is 1. The van der Waals surface area contributed by atoms with Gasteiger partial charge in [-0.3, -0.25) is 19.3 Å². The number of amides is 2. The van der Waals surface area contributed by atoms with E-state index < -0.39 is 41.0 Å². The van der Waals surface area contributed by atoms with Crippen molar-refractivity contribution in [2.45, 2.75) is 56.4 Å². The van der Waals surface area contributed by atoms with Gasteiger partial charge in [0.2, 0.25) is 12.7 Å². The van der Waals surface area contributed by atoms with Crippen LogP contribution in [0.15, 0.2) is 22.3 Å². The van der Waals surface area contributed by atoms with Crippen molar-refractivity contribution in [3.05, 3.63) is 22.8 Å². The van der Waals surface area contributed by atoms with E-state index in [0.29, 0.717) is 24.5 Å². The lowest BCUT2D eigenvalue weighted by molar-refractivity contribution is -0.173. The van der Waals surface area contributed by atoms with Crippen molar-refractivity contribution in [2.75, 3.05) is 37.7 Å². The molecule has 0 saturated carbocycles. The minimum Gasteiger partial charge on any atom is -0.427 e. The second-order valence-corrected chi connectivity index (χ2v) is 13.6. The van der Waals surface area contributed by atoms with Crippen molar-refractivity contribution in [1.82, 2.24) is 15.2 Å². The van der Waals surface area contributed by atoms with Gasteiger partial charge in [0.15, 0.2) is 10.8 Å². The molecule has 3 unspecified atom stereocenters. The molecule has 2 amide bonds. The maximum absolute atomic E-state index is 13.3. The summed E-state index contributed by atoms with van der Waals surface area (Å²) < 4.78 is 16.2. The number of nitrogens with two attached hydrogens (primary N) is 1. The Morgan fingerprint density at radius 1 is 1.32 bits per heavy atom. The van der Waals surface area contributed by atoms with Crippen molar-refractivity contribution >= 4 is 69.5 Å². The summed E-state index contributed by atoms with van der Waals surface area (Å²) in [7, 11) is 1.33. The summed E-state index contributed by atoms with van der Waals surface area (Å²) in [5.74, 6) is -1.22. The van der Waals surface area contributed by atoms with E-state index in [1.165, 1.54) is 46.9 Å². The van der Waals surface area contributed by atoms with E-state index in [-0.39, 0.29) is 33.5 Å². The van der Waals surface area contributed by atoms with E-state index in [1.54, 1.807) is 32.2 Å². The van der Waals surface area contributed by atoms with Gasteiger partial charge in [-0.15, -0.1) is 34.9 Å². The molecule has 2 saturated heterocycles. The first-order valence-electron chi connectivity index (χ1n) is 12.9. The van der Waals surface area contributed by atoms with Crippen molar-refractivity contribution in [3.8, 4) is 0 Å². The summed E-state index contributed by atoms with van der Waals surface area (Å²) in [5, 5.41) is 7.96. The first-order chi connectivity index (χ1) is 19.5. The molecule has 0 aromatic carbocycles. The van der Waals surface area contributed by atoms with Gasteiger partial charge in [0.25, 0.3) is 5.91 Å². The molecule has 13 nitrogen and oxygen atoms in total. The number of anilines is 1. The molecule has 1 aromatic rings. The summed E-state index contributed by atoms with van der Waals surface area (Å²) in [6, 6.07) is 0. The lowest BCUT2D eigenvalue weighted by Crippen LogP contribution is -2.64. The number of ether oxygens (including phenoxy) is 3. The highest BCUT2D eigenvalue weighted by atomic mass is 32.2. The quantitative estimate of drug-likeness (QED) is 0.127. The molecule has 16 heteroatoms. The Hall–Kier alpha value is -2.82. The number of carbonyl (C=O) groups is 4. The Kier molecular flexibility index (Phi) is 9.87. The molecular formula is C25H33N5O8S3. The van der Waals surface area contributed by atoms with Gasteiger partial charge in [-0.2, -0.15) is 0 Å². The Labute approximate surface area is 249 Å². The van der Waals surface area contributed by atoms with Gasteiger partial charge in [0.1, 0.15) is 34.8 Å². The first-order valence-corrected chi connectivity index (χ1v) is 15.8. The SMILES string of the molecule is CO/N=C(\C(=O)NC1(CSC2C(=O)N3C(C(=O)OCOC(=O)C(C)(C)C)=CCSC23)CCCCO1)c1csc(N)n1. The molecule has 41 heavy (non-hydrogen) atoms. The van der Waals surface area contributed by atoms with E-state index in [1.807, 2.05) is 0 Å². The van der Waals surface area contributed by atoms with Crippen LogP contribution in [0.3, 0.4) is 0 Å². The van der Waals surface area contributed by atoms with Crippen molar-refractivity contribution < 1.29 is 38.2 Å². The molecule has 224 valence electrons. The van der Waals surface area contributed by atoms with E-state index in [0.717, 1.165) is 12.8 Å². The number of β-lactam (4-membered cyclic amide) rings is 1. The highest BCUT2D eigenvalue weighted by Gasteiger charge is 2.53. The Bertz CT molecular complexity index is 1240. The molecule has 2 fully saturated rings. The Balaban J connectivity index is 1.38. The van der Waals surface area contributed by atoms with Crippen LogP contribution in [0.2, 0.25) is 0 Å². The molecule has 0 spiro atoms. The highest BCUT2D eigenvalue weighted by Crippen LogP contribution is 2.44. The lowest BCUT2D eigenvalue weighted by Gasteiger charge is -2.49. The summed E-state index contributed by atoms with van der Waals surface area (Å²) in [5.41, 5.74) is 4.34. The number of thioether (sulfide) groups is 2. The van der Waals surface area contributed by atoms with E-state index in [2.05, 4.69) is 15.5 Å². The molecule has 4 heterocycles. The number of rotatable bonds is 10. The fraction of sp³-hybridized carbons (Fsp3) is 0.600. The molecule has 3 atom stereocenters. The zero-order chi connectivity index (χ0) is 29.8. The third kappa shape index (κ3) is 7.16. The van der Waals surface area contributed by atoms with Crippen LogP contribution in [0, 0.1) is 5.41 Å². The van der Waals surface area contributed by atoms with E-state index in [9.17, 15) is 19.2 Å². The molecule has 3 N–H and O–H groups in total. The molecule has 3 aliphatic heterocycles. The summed E-state index contributed by atoms with van der Waals surface area (Å²) >= 11 is 4.06. The minimum absolute atomic E-state index is 0.0331. The third-order valence-electron chi connectivity index (χ3n) is 6.35. The third-order valence-corrected chi connectivity index (χ3v) is 9.83. The number of carbonyl (C=O) groups excluding carboxylic acids is 4. The number of oxime groups is 1. The molecular weight excluding hydrogens is 595 g/mol. The first kappa shape index (κ1) is 31.1. The average molecular weight is 628 g/mol. The number of hydrogen-bond acceptors (Lipinski definition) is 14. The number of hydrogen-bond donors (Lipinski definition) is 2. The highest BCUT2D eigenvalue weighted by molar-refractivity contribution is 8.04. The number of nitrogen functional groups attached to an aromatic ring is 1. The van der Waals surface area contributed by atoms with Gasteiger partial charge in [-0.05, 0) is 46.1 Å². The summed E-state index contributed by atoms with van der Waals surface area (Å²) in [4.78, 5) is 61.5. The summed E-state index contributed by atoms with van der Waals surface area (Å²) in [6.07, 6.45) is 3.84. The van der Waals surface area contributed by atoms with Crippen LogP contribution in [0.4, 0.5) is 5.13 Å². The molecule has 3 aliphatic rings. The minimum atomic E-state index is -1.04. The topological polar surface area (TPSA) is 172 Å². The van der Waals surface area contributed by atoms with Crippen molar-refractivity contribution in [2.24, 2.45) is 10.6 Å². The van der Waals surface area contributed by atoms with Crippen LogP contribution in [0.25, 0.3) is 0 Å². The number of aromatic nitrogens is 1. The molecule has 1 aromatic heterocycles. The van der Waals surface area contributed by atoms with Crippen LogP contribution in [-0.2, 0) is 38.2 Å². The lowest BCUT2D eigenvalue weighted by atomic mass is 9.98. The van der Waals surface area contributed by atoms with E-state index in [4.69, 9.17) is 24.8 Å². The van der Waals surface area contributed by atoms with Gasteiger partial charge in [0.05, 0.1) is 5.41 Å². The Morgan fingerprint density at radius 3 is 2.73 bits per heavy atom. The van der Waals surface area contributed by atoms with Crippen LogP contribution in [0.1, 0.15) is 45.7 Å². The predicted molar refractivity (Wildman–Crippen MR) is 155 cm³/mol. The second kappa shape index (κ2) is 13.0. The second-order valence-electron chi connectivity index (χ2n) is 10.4. The standard InChI is InChI=1S/C25H33N5O8S3/c1-24(2,3)22(34)37-13-36-21(33)15-7-10-39-20-17(19(32)30(15)20)41-12-25(8-5-6-9-38-25)28-18(31)16(29-35-4)14-11-40-23(26)27-14/h7,11,17,20H,5-6,8-10,12-13H2,1-4H3,(H2,26,27)(H,28,31)/b29-16-. The smallest absolute Gasteiger partial charge is 0.357 e. The van der Waals surface area contributed by atoms with Gasteiger partial charge in [-0.1, -0.05) is 5.16 Å². The van der Waals surface area contributed by atoms with E-state index >= 15 is 0 Å². The van der Waals surface area contributed by atoms with Gasteiger partial charge >= 0.3 is 11.9 Å². The van der Waals surface area contributed by atoms with Crippen LogP contribution >= 0.6 is 34.9 Å².